The zero-order valence-electron chi connectivity index (χ0n) is 17.4. The predicted molar refractivity (Wildman–Crippen MR) is 118 cm³/mol. The van der Waals surface area contributed by atoms with E-state index in [4.69, 9.17) is 14.5 Å². The van der Waals surface area contributed by atoms with Crippen molar-refractivity contribution in [2.24, 2.45) is 0 Å². The molecule has 31 heavy (non-hydrogen) atoms. The van der Waals surface area contributed by atoms with Crippen molar-refractivity contribution in [3.63, 3.8) is 0 Å². The predicted octanol–water partition coefficient (Wildman–Crippen LogP) is 5.65. The number of carbonyl (C=O) groups is 1. The Hall–Kier alpha value is -3.05. The number of rotatable bonds is 5. The molecule has 0 N–H and O–H groups in total. The van der Waals surface area contributed by atoms with Crippen LogP contribution in [0.15, 0.2) is 54.6 Å². The van der Waals surface area contributed by atoms with Crippen molar-refractivity contribution < 1.29 is 18.7 Å². The molecule has 1 aliphatic carbocycles. The lowest BCUT2D eigenvalue weighted by molar-refractivity contribution is -0.157. The van der Waals surface area contributed by atoms with Gasteiger partial charge >= 0.3 is 5.97 Å². The van der Waals surface area contributed by atoms with E-state index in [1.165, 1.54) is 12.1 Å². The summed E-state index contributed by atoms with van der Waals surface area (Å²) in [5, 5.41) is 1.02. The van der Waals surface area contributed by atoms with E-state index in [0.29, 0.717) is 12.3 Å². The van der Waals surface area contributed by atoms with Crippen molar-refractivity contribution in [1.29, 1.82) is 0 Å². The molecule has 3 aromatic rings. The summed E-state index contributed by atoms with van der Waals surface area (Å²) >= 11 is 0. The first kappa shape index (κ1) is 19.9. The Labute approximate surface area is 180 Å². The van der Waals surface area contributed by atoms with Crippen LogP contribution in [0.3, 0.4) is 0 Å². The SMILES string of the molecule is COC1CC(=O)OC(/C=C/c2c(C3CC3)nc3ccccc3c2-c2ccc(F)cc2)C1. The van der Waals surface area contributed by atoms with Crippen LogP contribution in [0.5, 0.6) is 0 Å². The van der Waals surface area contributed by atoms with Crippen molar-refractivity contribution in [3.8, 4) is 11.1 Å². The molecule has 2 atom stereocenters. The number of para-hydroxylation sites is 1. The van der Waals surface area contributed by atoms with Gasteiger partial charge in [-0.1, -0.05) is 36.4 Å². The van der Waals surface area contributed by atoms with Crippen LogP contribution in [-0.2, 0) is 14.3 Å². The molecule has 1 saturated carbocycles. The van der Waals surface area contributed by atoms with Gasteiger partial charge in [-0.15, -0.1) is 0 Å². The van der Waals surface area contributed by atoms with Gasteiger partial charge < -0.3 is 9.47 Å². The third-order valence-electron chi connectivity index (χ3n) is 6.04. The van der Waals surface area contributed by atoms with E-state index < -0.39 is 0 Å². The molecular formula is C26H24FNO3. The number of esters is 1. The molecule has 1 aromatic heterocycles. The molecule has 158 valence electrons. The second kappa shape index (κ2) is 8.23. The standard InChI is InChI=1S/C26H24FNO3/c1-30-20-14-19(31-24(29)15-20)12-13-22-25(16-8-10-18(27)11-9-16)21-4-2-3-5-23(21)28-26(22)17-6-7-17/h2-5,8-13,17,19-20H,6-7,14-15H2,1H3/b13-12+. The number of hydrogen-bond donors (Lipinski definition) is 0. The average molecular weight is 417 g/mol. The summed E-state index contributed by atoms with van der Waals surface area (Å²) in [5.74, 6) is -0.0870. The lowest BCUT2D eigenvalue weighted by atomic mass is 9.92. The molecule has 4 nitrogen and oxygen atoms in total. The van der Waals surface area contributed by atoms with Crippen molar-refractivity contribution in [2.75, 3.05) is 7.11 Å². The number of hydrogen-bond acceptors (Lipinski definition) is 4. The molecule has 0 bridgehead atoms. The minimum Gasteiger partial charge on any atom is -0.458 e. The van der Waals surface area contributed by atoms with Crippen LogP contribution in [0.2, 0.25) is 0 Å². The fraction of sp³-hybridized carbons (Fsp3) is 0.308. The Morgan fingerprint density at radius 2 is 1.90 bits per heavy atom. The van der Waals surface area contributed by atoms with Crippen LogP contribution in [0.1, 0.15) is 42.9 Å². The summed E-state index contributed by atoms with van der Waals surface area (Å²) in [6.45, 7) is 0. The van der Waals surface area contributed by atoms with Gasteiger partial charge in [0.25, 0.3) is 0 Å². The Morgan fingerprint density at radius 3 is 2.65 bits per heavy atom. The first-order chi connectivity index (χ1) is 15.1. The minimum absolute atomic E-state index is 0.134. The van der Waals surface area contributed by atoms with Crippen molar-refractivity contribution in [1.82, 2.24) is 4.98 Å². The molecule has 0 radical (unpaired) electrons. The van der Waals surface area contributed by atoms with E-state index in [1.807, 2.05) is 42.5 Å². The highest BCUT2D eigenvalue weighted by Gasteiger charge is 2.30. The van der Waals surface area contributed by atoms with E-state index in [-0.39, 0.29) is 30.4 Å². The highest BCUT2D eigenvalue weighted by atomic mass is 19.1. The van der Waals surface area contributed by atoms with Crippen LogP contribution >= 0.6 is 0 Å². The van der Waals surface area contributed by atoms with Crippen LogP contribution in [0.25, 0.3) is 28.1 Å². The summed E-state index contributed by atoms with van der Waals surface area (Å²) in [6, 6.07) is 14.7. The highest BCUT2D eigenvalue weighted by molar-refractivity contribution is 5.99. The quantitative estimate of drug-likeness (QED) is 0.503. The molecule has 5 rings (SSSR count). The number of benzene rings is 2. The second-order valence-electron chi connectivity index (χ2n) is 8.27. The number of carbonyl (C=O) groups excluding carboxylic acids is 1. The van der Waals surface area contributed by atoms with Gasteiger partial charge in [-0.2, -0.15) is 0 Å². The highest BCUT2D eigenvalue weighted by Crippen LogP contribution is 2.45. The smallest absolute Gasteiger partial charge is 0.309 e. The van der Waals surface area contributed by atoms with Crippen molar-refractivity contribution in [3.05, 3.63) is 71.7 Å². The molecule has 2 fully saturated rings. The van der Waals surface area contributed by atoms with Gasteiger partial charge in [0.1, 0.15) is 11.9 Å². The Morgan fingerprint density at radius 1 is 1.13 bits per heavy atom. The second-order valence-corrected chi connectivity index (χ2v) is 8.27. The average Bonchev–Trinajstić information content (AvgIpc) is 3.62. The number of methoxy groups -OCH3 is 1. The molecule has 5 heteroatoms. The van der Waals surface area contributed by atoms with Gasteiger partial charge in [0.05, 0.1) is 23.7 Å². The van der Waals surface area contributed by atoms with Gasteiger partial charge in [-0.05, 0) is 42.7 Å². The topological polar surface area (TPSA) is 48.4 Å². The minimum atomic E-state index is -0.342. The zero-order valence-corrected chi connectivity index (χ0v) is 17.4. The normalized spacial score (nSPS) is 21.5. The molecule has 0 amide bonds. The van der Waals surface area contributed by atoms with E-state index in [1.54, 1.807) is 7.11 Å². The largest absolute Gasteiger partial charge is 0.458 e. The zero-order chi connectivity index (χ0) is 21.4. The molecular weight excluding hydrogens is 393 g/mol. The molecule has 0 spiro atoms. The van der Waals surface area contributed by atoms with Crippen LogP contribution in [-0.4, -0.2) is 30.3 Å². The molecule has 2 aromatic carbocycles. The number of halogens is 1. The summed E-state index contributed by atoms with van der Waals surface area (Å²) in [4.78, 5) is 16.9. The van der Waals surface area contributed by atoms with Gasteiger partial charge in [0, 0.05) is 36.0 Å². The lowest BCUT2D eigenvalue weighted by Gasteiger charge is -2.26. The Bertz CT molecular complexity index is 1150. The van der Waals surface area contributed by atoms with Gasteiger partial charge in [0.15, 0.2) is 0 Å². The van der Waals surface area contributed by atoms with E-state index in [0.717, 1.165) is 46.1 Å². The molecule has 2 heterocycles. The number of fused-ring (bicyclic) bond motifs is 1. The molecule has 1 aliphatic heterocycles. The molecule has 2 aliphatic rings. The van der Waals surface area contributed by atoms with Crippen molar-refractivity contribution >= 4 is 22.9 Å². The summed E-state index contributed by atoms with van der Waals surface area (Å²) in [6.07, 6.45) is 6.63. The summed E-state index contributed by atoms with van der Waals surface area (Å²) in [5.41, 5.74) is 4.98. The maximum Gasteiger partial charge on any atom is 0.309 e. The lowest BCUT2D eigenvalue weighted by Crippen LogP contribution is -2.32. The van der Waals surface area contributed by atoms with E-state index >= 15 is 0 Å². The van der Waals surface area contributed by atoms with Crippen molar-refractivity contribution in [2.45, 2.75) is 43.8 Å². The fourth-order valence-corrected chi connectivity index (χ4v) is 4.30. The third kappa shape index (κ3) is 4.10. The number of cyclic esters (lactones) is 1. The van der Waals surface area contributed by atoms with E-state index in [2.05, 4.69) is 6.07 Å². The maximum atomic E-state index is 13.6. The van der Waals surface area contributed by atoms with Gasteiger partial charge in [-0.25, -0.2) is 4.39 Å². The number of aromatic nitrogens is 1. The third-order valence-corrected chi connectivity index (χ3v) is 6.04. The number of ether oxygens (including phenoxy) is 2. The maximum absolute atomic E-state index is 13.6. The number of pyridine rings is 1. The Balaban J connectivity index is 1.65. The molecule has 1 saturated heterocycles. The summed E-state index contributed by atoms with van der Waals surface area (Å²) in [7, 11) is 1.62. The van der Waals surface area contributed by atoms with E-state index in [9.17, 15) is 9.18 Å². The number of nitrogens with zero attached hydrogens (tertiary/aromatic N) is 1. The van der Waals surface area contributed by atoms with Crippen LogP contribution in [0, 0.1) is 5.82 Å². The van der Waals surface area contributed by atoms with Crippen LogP contribution < -0.4 is 0 Å². The monoisotopic (exact) mass is 417 g/mol. The van der Waals surface area contributed by atoms with Crippen LogP contribution in [0.4, 0.5) is 4.39 Å². The molecule has 2 unspecified atom stereocenters. The summed E-state index contributed by atoms with van der Waals surface area (Å²) < 4.78 is 24.6. The first-order valence-electron chi connectivity index (χ1n) is 10.7. The Kier molecular flexibility index (Phi) is 5.28. The van der Waals surface area contributed by atoms with Gasteiger partial charge in [0.2, 0.25) is 0 Å². The fourth-order valence-electron chi connectivity index (χ4n) is 4.30. The van der Waals surface area contributed by atoms with Gasteiger partial charge in [-0.3, -0.25) is 9.78 Å². The first-order valence-corrected chi connectivity index (χ1v) is 10.7.